The number of amides is 2. The summed E-state index contributed by atoms with van der Waals surface area (Å²) in [6, 6.07) is 3.80. The molecule has 1 saturated heterocycles. The normalized spacial score (nSPS) is 19.4. The number of primary amides is 1. The number of carbonyl (C=O) groups excluding carboxylic acids is 2. The van der Waals surface area contributed by atoms with Gasteiger partial charge in [0.15, 0.2) is 0 Å². The van der Waals surface area contributed by atoms with Crippen LogP contribution in [0.5, 0.6) is 0 Å². The predicted molar refractivity (Wildman–Crippen MR) is 63.4 cm³/mol. The highest BCUT2D eigenvalue weighted by molar-refractivity contribution is 7.16. The fourth-order valence-corrected chi connectivity index (χ4v) is 2.86. The van der Waals surface area contributed by atoms with E-state index in [0.717, 1.165) is 4.88 Å². The lowest BCUT2D eigenvalue weighted by Crippen LogP contribution is -2.28. The zero-order chi connectivity index (χ0) is 12.6. The third kappa shape index (κ3) is 2.01. The highest BCUT2D eigenvalue weighted by Gasteiger charge is 2.35. The minimum Gasteiger partial charge on any atom is -0.369 e. The zero-order valence-electron chi connectivity index (χ0n) is 9.27. The van der Waals surface area contributed by atoms with Crippen LogP contribution in [-0.4, -0.2) is 18.4 Å². The number of hydrogen-bond donors (Lipinski definition) is 1. The van der Waals surface area contributed by atoms with Gasteiger partial charge in [-0.2, -0.15) is 5.26 Å². The van der Waals surface area contributed by atoms with E-state index in [-0.39, 0.29) is 18.9 Å². The van der Waals surface area contributed by atoms with Crippen LogP contribution in [0.2, 0.25) is 0 Å². The quantitative estimate of drug-likeness (QED) is 0.839. The first-order chi connectivity index (χ1) is 8.02. The van der Waals surface area contributed by atoms with Crippen LogP contribution < -0.4 is 10.6 Å². The molecule has 0 aromatic carbocycles. The summed E-state index contributed by atoms with van der Waals surface area (Å²) in [7, 11) is 0. The van der Waals surface area contributed by atoms with Crippen LogP contribution in [0.3, 0.4) is 0 Å². The number of carbonyl (C=O) groups is 2. The molecule has 0 spiro atoms. The Bertz CT molecular complexity index is 529. The van der Waals surface area contributed by atoms with Crippen molar-refractivity contribution in [2.24, 2.45) is 11.7 Å². The Morgan fingerprint density at radius 1 is 1.71 bits per heavy atom. The maximum atomic E-state index is 11.8. The van der Waals surface area contributed by atoms with Gasteiger partial charge in [-0.1, -0.05) is 0 Å². The second kappa shape index (κ2) is 4.18. The zero-order valence-corrected chi connectivity index (χ0v) is 10.1. The molecular weight excluding hydrogens is 238 g/mol. The molecule has 1 atom stereocenters. The number of anilines is 1. The number of aryl methyl sites for hydroxylation is 1. The molecule has 0 bridgehead atoms. The van der Waals surface area contributed by atoms with E-state index in [4.69, 9.17) is 11.0 Å². The molecule has 5 nitrogen and oxygen atoms in total. The van der Waals surface area contributed by atoms with Gasteiger partial charge in [0, 0.05) is 17.8 Å². The summed E-state index contributed by atoms with van der Waals surface area (Å²) in [6.07, 6.45) is 0.136. The Kier molecular flexibility index (Phi) is 2.86. The van der Waals surface area contributed by atoms with E-state index in [1.165, 1.54) is 16.2 Å². The molecule has 1 aromatic rings. The number of nitriles is 1. The molecule has 2 N–H and O–H groups in total. The minimum absolute atomic E-state index is 0.136. The molecule has 0 aliphatic carbocycles. The molecule has 0 radical (unpaired) electrons. The summed E-state index contributed by atoms with van der Waals surface area (Å²) in [5.74, 6) is -1.06. The van der Waals surface area contributed by atoms with Crippen LogP contribution in [0.25, 0.3) is 0 Å². The lowest BCUT2D eigenvalue weighted by molar-refractivity contribution is -0.123. The Balaban J connectivity index is 2.32. The van der Waals surface area contributed by atoms with Crippen LogP contribution in [0.4, 0.5) is 5.00 Å². The number of hydrogen-bond acceptors (Lipinski definition) is 4. The molecule has 2 amide bonds. The largest absolute Gasteiger partial charge is 0.369 e. The van der Waals surface area contributed by atoms with Crippen molar-refractivity contribution in [2.75, 3.05) is 11.4 Å². The van der Waals surface area contributed by atoms with Crippen molar-refractivity contribution in [2.45, 2.75) is 13.3 Å². The van der Waals surface area contributed by atoms with Crippen LogP contribution in [0.1, 0.15) is 16.9 Å². The van der Waals surface area contributed by atoms with Gasteiger partial charge in [-0.3, -0.25) is 9.59 Å². The van der Waals surface area contributed by atoms with E-state index in [2.05, 4.69) is 6.07 Å². The van der Waals surface area contributed by atoms with Crippen molar-refractivity contribution in [3.63, 3.8) is 0 Å². The highest BCUT2D eigenvalue weighted by atomic mass is 32.1. The van der Waals surface area contributed by atoms with Gasteiger partial charge in [0.25, 0.3) is 0 Å². The molecule has 1 aliphatic heterocycles. The maximum absolute atomic E-state index is 11.8. The average Bonchev–Trinajstić information content (AvgIpc) is 2.81. The lowest BCUT2D eigenvalue weighted by atomic mass is 10.1. The van der Waals surface area contributed by atoms with E-state index in [0.29, 0.717) is 10.6 Å². The third-order valence-corrected chi connectivity index (χ3v) is 3.80. The van der Waals surface area contributed by atoms with Crippen molar-refractivity contribution < 1.29 is 9.59 Å². The Morgan fingerprint density at radius 3 is 2.94 bits per heavy atom. The van der Waals surface area contributed by atoms with Crippen LogP contribution in [-0.2, 0) is 9.59 Å². The predicted octanol–water partition coefficient (Wildman–Crippen LogP) is 0.766. The van der Waals surface area contributed by atoms with Gasteiger partial charge < -0.3 is 10.6 Å². The SMILES string of the molecule is Cc1cc(C#N)c(N2CC(C(N)=O)CC2=O)s1. The summed E-state index contributed by atoms with van der Waals surface area (Å²) in [5, 5.41) is 9.60. The van der Waals surface area contributed by atoms with Gasteiger partial charge in [0.1, 0.15) is 11.1 Å². The Labute approximate surface area is 102 Å². The van der Waals surface area contributed by atoms with Crippen molar-refractivity contribution >= 4 is 28.2 Å². The van der Waals surface area contributed by atoms with Gasteiger partial charge >= 0.3 is 0 Å². The number of rotatable bonds is 2. The molecule has 6 heteroatoms. The van der Waals surface area contributed by atoms with Gasteiger partial charge in [0.05, 0.1) is 11.5 Å². The monoisotopic (exact) mass is 249 g/mol. The number of nitrogens with zero attached hydrogens (tertiary/aromatic N) is 2. The van der Waals surface area contributed by atoms with Crippen LogP contribution in [0.15, 0.2) is 6.07 Å². The Hall–Kier alpha value is -1.87. The van der Waals surface area contributed by atoms with Gasteiger partial charge in [-0.15, -0.1) is 11.3 Å². The number of nitrogens with two attached hydrogens (primary N) is 1. The molecule has 1 fully saturated rings. The first-order valence-corrected chi connectivity index (χ1v) is 5.94. The van der Waals surface area contributed by atoms with E-state index >= 15 is 0 Å². The first kappa shape index (κ1) is 11.6. The maximum Gasteiger partial charge on any atom is 0.228 e. The van der Waals surface area contributed by atoms with E-state index in [1.54, 1.807) is 6.07 Å². The first-order valence-electron chi connectivity index (χ1n) is 5.13. The van der Waals surface area contributed by atoms with Crippen molar-refractivity contribution in [1.29, 1.82) is 5.26 Å². The molecule has 1 aromatic heterocycles. The average molecular weight is 249 g/mol. The lowest BCUT2D eigenvalue weighted by Gasteiger charge is -2.14. The van der Waals surface area contributed by atoms with Crippen molar-refractivity contribution in [1.82, 2.24) is 0 Å². The second-order valence-electron chi connectivity index (χ2n) is 4.00. The minimum atomic E-state index is -0.465. The van der Waals surface area contributed by atoms with Crippen molar-refractivity contribution in [3.05, 3.63) is 16.5 Å². The fourth-order valence-electron chi connectivity index (χ4n) is 1.88. The Morgan fingerprint density at radius 2 is 2.41 bits per heavy atom. The smallest absolute Gasteiger partial charge is 0.228 e. The molecule has 2 heterocycles. The topological polar surface area (TPSA) is 87.2 Å². The van der Waals surface area contributed by atoms with Gasteiger partial charge in [-0.25, -0.2) is 0 Å². The van der Waals surface area contributed by atoms with Crippen LogP contribution >= 0.6 is 11.3 Å². The standard InChI is InChI=1S/C11H11N3O2S/c1-6-2-7(4-12)11(17-6)14-5-8(10(13)16)3-9(14)15/h2,8H,3,5H2,1H3,(H2,13,16). The van der Waals surface area contributed by atoms with Crippen LogP contribution in [0, 0.1) is 24.2 Å². The summed E-state index contributed by atoms with van der Waals surface area (Å²) < 4.78 is 0. The van der Waals surface area contributed by atoms with E-state index < -0.39 is 11.8 Å². The summed E-state index contributed by atoms with van der Waals surface area (Å²) in [6.45, 7) is 2.16. The fraction of sp³-hybridized carbons (Fsp3) is 0.364. The second-order valence-corrected chi connectivity index (χ2v) is 5.23. The molecule has 17 heavy (non-hydrogen) atoms. The molecule has 2 rings (SSSR count). The molecule has 1 aliphatic rings. The molecule has 88 valence electrons. The summed E-state index contributed by atoms with van der Waals surface area (Å²) in [5.41, 5.74) is 5.67. The molecular formula is C11H11N3O2S. The summed E-state index contributed by atoms with van der Waals surface area (Å²) >= 11 is 1.38. The summed E-state index contributed by atoms with van der Waals surface area (Å²) in [4.78, 5) is 25.3. The third-order valence-electron chi connectivity index (χ3n) is 2.73. The highest BCUT2D eigenvalue weighted by Crippen LogP contribution is 2.34. The van der Waals surface area contributed by atoms with Gasteiger partial charge in [0.2, 0.25) is 11.8 Å². The molecule has 1 unspecified atom stereocenters. The number of thiophene rings is 1. The van der Waals surface area contributed by atoms with E-state index in [1.807, 2.05) is 6.92 Å². The molecule has 0 saturated carbocycles. The van der Waals surface area contributed by atoms with Crippen molar-refractivity contribution in [3.8, 4) is 6.07 Å². The van der Waals surface area contributed by atoms with E-state index in [9.17, 15) is 9.59 Å². The van der Waals surface area contributed by atoms with Gasteiger partial charge in [-0.05, 0) is 13.0 Å².